The van der Waals surface area contributed by atoms with Gasteiger partial charge in [-0.1, -0.05) is 32.6 Å². The van der Waals surface area contributed by atoms with Crippen LogP contribution in [0.4, 0.5) is 0 Å². The van der Waals surface area contributed by atoms with Crippen LogP contribution < -0.4 is 5.32 Å². The Morgan fingerprint density at radius 1 is 1.37 bits per heavy atom. The summed E-state index contributed by atoms with van der Waals surface area (Å²) in [5.74, 6) is 1.12. The van der Waals surface area contributed by atoms with Gasteiger partial charge in [-0.15, -0.1) is 11.3 Å². The molecule has 1 fully saturated rings. The molecular weight excluding hydrogens is 272 g/mol. The first-order valence-electron chi connectivity index (χ1n) is 7.64. The molecular formula is C15H26N2S2. The lowest BCUT2D eigenvalue weighted by atomic mass is 10.0. The Bertz CT molecular complexity index is 346. The molecule has 4 heteroatoms. The van der Waals surface area contributed by atoms with Crippen molar-refractivity contribution in [1.29, 1.82) is 0 Å². The molecule has 0 aromatic carbocycles. The van der Waals surface area contributed by atoms with Gasteiger partial charge in [-0.3, -0.25) is 0 Å². The third-order valence-electron chi connectivity index (χ3n) is 3.60. The topological polar surface area (TPSA) is 24.9 Å². The van der Waals surface area contributed by atoms with Crippen molar-refractivity contribution in [3.05, 3.63) is 16.1 Å². The molecule has 0 unspecified atom stereocenters. The van der Waals surface area contributed by atoms with Crippen molar-refractivity contribution in [3.63, 3.8) is 0 Å². The van der Waals surface area contributed by atoms with Gasteiger partial charge in [-0.25, -0.2) is 4.98 Å². The first-order valence-corrected chi connectivity index (χ1v) is 9.51. The van der Waals surface area contributed by atoms with Crippen molar-refractivity contribution in [3.8, 4) is 0 Å². The highest BCUT2D eigenvalue weighted by Gasteiger charge is 2.14. The Balaban J connectivity index is 1.65. The Morgan fingerprint density at radius 2 is 2.21 bits per heavy atom. The fourth-order valence-electron chi connectivity index (χ4n) is 2.43. The van der Waals surface area contributed by atoms with E-state index in [2.05, 4.69) is 35.2 Å². The molecule has 2 rings (SSSR count). The zero-order valence-electron chi connectivity index (χ0n) is 12.0. The molecule has 0 aliphatic heterocycles. The van der Waals surface area contributed by atoms with Crippen molar-refractivity contribution in [2.75, 3.05) is 6.54 Å². The van der Waals surface area contributed by atoms with Crippen molar-refractivity contribution < 1.29 is 0 Å². The number of unbranched alkanes of at least 4 members (excludes halogenated alkanes) is 1. The average molecular weight is 299 g/mol. The van der Waals surface area contributed by atoms with Crippen molar-refractivity contribution >= 4 is 23.1 Å². The largest absolute Gasteiger partial charge is 0.312 e. The number of nitrogens with zero attached hydrogens (tertiary/aromatic N) is 1. The minimum absolute atomic E-state index is 0.892. The SMILES string of the molecule is CCCCNCc1cnc(CSC2CCCCC2)s1. The van der Waals surface area contributed by atoms with E-state index in [0.717, 1.165) is 24.1 Å². The monoisotopic (exact) mass is 298 g/mol. The summed E-state index contributed by atoms with van der Waals surface area (Å²) in [7, 11) is 0. The number of thiazole rings is 1. The summed E-state index contributed by atoms with van der Waals surface area (Å²) in [6, 6.07) is 0. The molecule has 1 aromatic heterocycles. The molecule has 0 bridgehead atoms. The van der Waals surface area contributed by atoms with E-state index in [4.69, 9.17) is 0 Å². The molecule has 0 radical (unpaired) electrons. The first-order chi connectivity index (χ1) is 9.38. The number of rotatable bonds is 8. The van der Waals surface area contributed by atoms with Gasteiger partial charge in [0.25, 0.3) is 0 Å². The van der Waals surface area contributed by atoms with E-state index < -0.39 is 0 Å². The summed E-state index contributed by atoms with van der Waals surface area (Å²) in [5, 5.41) is 5.69. The summed E-state index contributed by atoms with van der Waals surface area (Å²) in [4.78, 5) is 5.94. The zero-order valence-corrected chi connectivity index (χ0v) is 13.6. The summed E-state index contributed by atoms with van der Waals surface area (Å²) in [6.07, 6.45) is 11.7. The van der Waals surface area contributed by atoms with E-state index in [9.17, 15) is 0 Å². The highest BCUT2D eigenvalue weighted by Crippen LogP contribution is 2.31. The molecule has 1 heterocycles. The van der Waals surface area contributed by atoms with Gasteiger partial charge in [-0.05, 0) is 25.8 Å². The molecule has 19 heavy (non-hydrogen) atoms. The molecule has 108 valence electrons. The van der Waals surface area contributed by atoms with E-state index in [1.807, 2.05) is 11.3 Å². The summed E-state index contributed by atoms with van der Waals surface area (Å²) < 4.78 is 0. The minimum atomic E-state index is 0.892. The molecule has 1 aliphatic carbocycles. The van der Waals surface area contributed by atoms with Crippen molar-refractivity contribution in [2.24, 2.45) is 0 Å². The van der Waals surface area contributed by atoms with Gasteiger partial charge in [0.05, 0.1) is 0 Å². The second-order valence-corrected chi connectivity index (χ2v) is 7.81. The first kappa shape index (κ1) is 15.3. The van der Waals surface area contributed by atoms with Gasteiger partial charge >= 0.3 is 0 Å². The van der Waals surface area contributed by atoms with Crippen LogP contribution in [-0.2, 0) is 12.3 Å². The predicted octanol–water partition coefficient (Wildman–Crippen LogP) is 4.60. The maximum atomic E-state index is 4.56. The number of thioether (sulfide) groups is 1. The molecule has 1 aromatic rings. The van der Waals surface area contributed by atoms with E-state index in [1.165, 1.54) is 54.8 Å². The van der Waals surface area contributed by atoms with Crippen LogP contribution in [0.2, 0.25) is 0 Å². The highest BCUT2D eigenvalue weighted by molar-refractivity contribution is 7.99. The fourth-order valence-corrected chi connectivity index (χ4v) is 4.68. The van der Waals surface area contributed by atoms with Gasteiger partial charge in [0.1, 0.15) is 5.01 Å². The molecule has 1 N–H and O–H groups in total. The molecule has 0 atom stereocenters. The van der Waals surface area contributed by atoms with E-state index >= 15 is 0 Å². The number of aromatic nitrogens is 1. The lowest BCUT2D eigenvalue weighted by Crippen LogP contribution is -2.13. The smallest absolute Gasteiger partial charge is 0.103 e. The van der Waals surface area contributed by atoms with E-state index in [-0.39, 0.29) is 0 Å². The average Bonchev–Trinajstić information content (AvgIpc) is 2.91. The van der Waals surface area contributed by atoms with E-state index in [1.54, 1.807) is 0 Å². The standard InChI is InChI=1S/C15H26N2S2/c1-2-3-9-16-10-14-11-17-15(19-14)12-18-13-7-5-4-6-8-13/h11,13,16H,2-10,12H2,1H3. The third-order valence-corrected chi connectivity index (χ3v) is 6.17. The molecule has 0 amide bonds. The lowest BCUT2D eigenvalue weighted by Gasteiger charge is -2.20. The van der Waals surface area contributed by atoms with Crippen LogP contribution in [0.3, 0.4) is 0 Å². The second kappa shape index (κ2) is 8.98. The number of hydrogen-bond acceptors (Lipinski definition) is 4. The van der Waals surface area contributed by atoms with Crippen molar-refractivity contribution in [2.45, 2.75) is 69.4 Å². The molecule has 1 aliphatic rings. The van der Waals surface area contributed by atoms with Crippen LogP contribution in [0.5, 0.6) is 0 Å². The van der Waals surface area contributed by atoms with Gasteiger partial charge in [0.15, 0.2) is 0 Å². The maximum absolute atomic E-state index is 4.56. The third kappa shape index (κ3) is 5.84. The van der Waals surface area contributed by atoms with Crippen LogP contribution in [0.1, 0.15) is 61.8 Å². The summed E-state index contributed by atoms with van der Waals surface area (Å²) in [6.45, 7) is 4.35. The van der Waals surface area contributed by atoms with Gasteiger partial charge in [-0.2, -0.15) is 11.8 Å². The minimum Gasteiger partial charge on any atom is -0.312 e. The molecule has 0 spiro atoms. The Morgan fingerprint density at radius 3 is 3.00 bits per heavy atom. The molecule has 1 saturated carbocycles. The molecule has 0 saturated heterocycles. The number of nitrogens with one attached hydrogen (secondary N) is 1. The second-order valence-electron chi connectivity index (χ2n) is 5.32. The summed E-state index contributed by atoms with van der Waals surface area (Å²) >= 11 is 4.01. The fraction of sp³-hybridized carbons (Fsp3) is 0.800. The quantitative estimate of drug-likeness (QED) is 0.710. The zero-order chi connectivity index (χ0) is 13.3. The predicted molar refractivity (Wildman–Crippen MR) is 86.9 cm³/mol. The van der Waals surface area contributed by atoms with Gasteiger partial charge in [0.2, 0.25) is 0 Å². The normalized spacial score (nSPS) is 16.9. The molecule has 2 nitrogen and oxygen atoms in total. The Labute approximate surface area is 125 Å². The number of hydrogen-bond donors (Lipinski definition) is 1. The highest BCUT2D eigenvalue weighted by atomic mass is 32.2. The van der Waals surface area contributed by atoms with Gasteiger partial charge < -0.3 is 5.32 Å². The maximum Gasteiger partial charge on any atom is 0.103 e. The summed E-state index contributed by atoms with van der Waals surface area (Å²) in [5.41, 5.74) is 0. The van der Waals surface area contributed by atoms with Crippen LogP contribution >= 0.6 is 23.1 Å². The Kier molecular flexibility index (Phi) is 7.25. The van der Waals surface area contributed by atoms with Gasteiger partial charge in [0, 0.05) is 28.6 Å². The van der Waals surface area contributed by atoms with E-state index in [0.29, 0.717) is 0 Å². The van der Waals surface area contributed by atoms with Crippen LogP contribution in [0.25, 0.3) is 0 Å². The Hall–Kier alpha value is -0.0600. The van der Waals surface area contributed by atoms with Crippen LogP contribution in [0, 0.1) is 0 Å². The van der Waals surface area contributed by atoms with Crippen LogP contribution in [0.15, 0.2) is 6.20 Å². The van der Waals surface area contributed by atoms with Crippen LogP contribution in [-0.4, -0.2) is 16.8 Å². The van der Waals surface area contributed by atoms with Crippen molar-refractivity contribution in [1.82, 2.24) is 10.3 Å². The lowest BCUT2D eigenvalue weighted by molar-refractivity contribution is 0.516.